The zero-order valence-corrected chi connectivity index (χ0v) is 18.0. The van der Waals surface area contributed by atoms with E-state index in [1.54, 1.807) is 12.1 Å². The molecule has 2 N–H and O–H groups in total. The SMILES string of the molecule is CC1(O)CCC(n2c(=O)c3cc(Cl)ccc3c3cnc(NCCC4CC4)nc32)CC1. The van der Waals surface area contributed by atoms with E-state index in [1.165, 1.54) is 12.8 Å². The van der Waals surface area contributed by atoms with E-state index in [0.717, 1.165) is 42.5 Å². The van der Waals surface area contributed by atoms with E-state index in [9.17, 15) is 9.90 Å². The van der Waals surface area contributed by atoms with Crippen LogP contribution >= 0.6 is 11.6 Å². The van der Waals surface area contributed by atoms with Crippen molar-refractivity contribution < 1.29 is 5.11 Å². The second-order valence-electron chi connectivity index (χ2n) is 9.18. The molecule has 158 valence electrons. The van der Waals surface area contributed by atoms with Crippen LogP contribution in [0.2, 0.25) is 5.02 Å². The summed E-state index contributed by atoms with van der Waals surface area (Å²) in [7, 11) is 0. The molecule has 0 bridgehead atoms. The topological polar surface area (TPSA) is 80.0 Å². The number of halogens is 1. The molecule has 2 aromatic heterocycles. The lowest BCUT2D eigenvalue weighted by Crippen LogP contribution is -2.35. The maximum Gasteiger partial charge on any atom is 0.260 e. The van der Waals surface area contributed by atoms with E-state index in [1.807, 2.05) is 23.8 Å². The highest BCUT2D eigenvalue weighted by Crippen LogP contribution is 2.36. The molecule has 2 saturated carbocycles. The van der Waals surface area contributed by atoms with Crippen LogP contribution in [-0.4, -0.2) is 31.8 Å². The van der Waals surface area contributed by atoms with Gasteiger partial charge in [0.25, 0.3) is 5.56 Å². The normalized spacial score (nSPS) is 24.4. The van der Waals surface area contributed by atoms with Gasteiger partial charge in [0.05, 0.1) is 5.60 Å². The number of aromatic nitrogens is 3. The van der Waals surface area contributed by atoms with Crippen molar-refractivity contribution in [1.82, 2.24) is 14.5 Å². The highest BCUT2D eigenvalue weighted by atomic mass is 35.5. The summed E-state index contributed by atoms with van der Waals surface area (Å²) >= 11 is 6.21. The molecule has 6 nitrogen and oxygen atoms in total. The van der Waals surface area contributed by atoms with Crippen molar-refractivity contribution in [3.05, 3.63) is 39.8 Å². The number of nitrogens with zero attached hydrogens (tertiary/aromatic N) is 3. The average molecular weight is 427 g/mol. The Morgan fingerprint density at radius 1 is 1.20 bits per heavy atom. The van der Waals surface area contributed by atoms with E-state index in [4.69, 9.17) is 16.6 Å². The quantitative estimate of drug-likeness (QED) is 0.579. The molecule has 2 aliphatic rings. The highest BCUT2D eigenvalue weighted by molar-refractivity contribution is 6.31. The lowest BCUT2D eigenvalue weighted by Gasteiger charge is -2.34. The Kier molecular flexibility index (Phi) is 4.94. The van der Waals surface area contributed by atoms with Gasteiger partial charge in [0, 0.05) is 34.6 Å². The average Bonchev–Trinajstić information content (AvgIpc) is 3.54. The van der Waals surface area contributed by atoms with E-state index >= 15 is 0 Å². The third kappa shape index (κ3) is 3.79. The first-order chi connectivity index (χ1) is 14.4. The molecule has 2 heterocycles. The van der Waals surface area contributed by atoms with Gasteiger partial charge in [-0.15, -0.1) is 0 Å². The summed E-state index contributed by atoms with van der Waals surface area (Å²) < 4.78 is 1.82. The molecule has 3 aromatic rings. The molecular formula is C23H27ClN4O2. The minimum absolute atomic E-state index is 0.00202. The first kappa shape index (κ1) is 19.8. The first-order valence-electron chi connectivity index (χ1n) is 10.9. The third-order valence-electron chi connectivity index (χ3n) is 6.65. The van der Waals surface area contributed by atoms with Gasteiger partial charge in [-0.2, -0.15) is 4.98 Å². The number of rotatable bonds is 5. The van der Waals surface area contributed by atoms with Crippen LogP contribution in [-0.2, 0) is 0 Å². The zero-order valence-electron chi connectivity index (χ0n) is 17.2. The van der Waals surface area contributed by atoms with Crippen LogP contribution in [0.1, 0.15) is 57.9 Å². The molecule has 0 spiro atoms. The molecular weight excluding hydrogens is 400 g/mol. The molecule has 0 atom stereocenters. The monoisotopic (exact) mass is 426 g/mol. The Hall–Kier alpha value is -2.18. The van der Waals surface area contributed by atoms with Gasteiger partial charge in [-0.3, -0.25) is 9.36 Å². The minimum atomic E-state index is -0.666. The van der Waals surface area contributed by atoms with E-state index in [0.29, 0.717) is 34.8 Å². The Labute approximate surface area is 180 Å². The summed E-state index contributed by atoms with van der Waals surface area (Å²) in [5, 5.41) is 16.5. The largest absolute Gasteiger partial charge is 0.390 e. The van der Waals surface area contributed by atoms with E-state index in [2.05, 4.69) is 10.3 Å². The van der Waals surface area contributed by atoms with Gasteiger partial charge in [0.15, 0.2) is 0 Å². The van der Waals surface area contributed by atoms with Gasteiger partial charge < -0.3 is 10.4 Å². The molecule has 7 heteroatoms. The van der Waals surface area contributed by atoms with Crippen molar-refractivity contribution in [3.63, 3.8) is 0 Å². The summed E-state index contributed by atoms with van der Waals surface area (Å²) in [6.45, 7) is 2.71. The zero-order chi connectivity index (χ0) is 20.9. The fraction of sp³-hybridized carbons (Fsp3) is 0.522. The van der Waals surface area contributed by atoms with Crippen LogP contribution in [0.25, 0.3) is 21.8 Å². The number of pyridine rings is 1. The van der Waals surface area contributed by atoms with Crippen molar-refractivity contribution >= 4 is 39.4 Å². The van der Waals surface area contributed by atoms with Crippen LogP contribution < -0.4 is 10.9 Å². The Bertz CT molecular complexity index is 1160. The first-order valence-corrected chi connectivity index (χ1v) is 11.3. The van der Waals surface area contributed by atoms with Crippen LogP contribution in [0.5, 0.6) is 0 Å². The van der Waals surface area contributed by atoms with Crippen LogP contribution in [0.3, 0.4) is 0 Å². The van der Waals surface area contributed by atoms with E-state index < -0.39 is 5.60 Å². The number of hydrogen-bond donors (Lipinski definition) is 2. The number of benzene rings is 1. The minimum Gasteiger partial charge on any atom is -0.390 e. The van der Waals surface area contributed by atoms with Gasteiger partial charge >= 0.3 is 0 Å². The van der Waals surface area contributed by atoms with Crippen LogP contribution in [0.4, 0.5) is 5.95 Å². The molecule has 2 fully saturated rings. The summed E-state index contributed by atoms with van der Waals surface area (Å²) in [4.78, 5) is 22.8. The maximum atomic E-state index is 13.5. The molecule has 5 rings (SSSR count). The Morgan fingerprint density at radius 2 is 1.97 bits per heavy atom. The molecule has 0 amide bonds. The van der Waals surface area contributed by atoms with Crippen molar-refractivity contribution in [1.29, 1.82) is 0 Å². The second kappa shape index (κ2) is 7.50. The number of fused-ring (bicyclic) bond motifs is 3. The molecule has 0 unspecified atom stereocenters. The molecule has 1 aromatic carbocycles. The number of aliphatic hydroxyl groups is 1. The summed E-state index contributed by atoms with van der Waals surface area (Å²) in [5.41, 5.74) is -0.0833. The standard InChI is InChI=1S/C23H27ClN4O2/c1-23(30)9-6-16(7-10-23)28-20-19(17-5-4-15(24)12-18(17)21(28)29)13-26-22(27-20)25-11-8-14-2-3-14/h4-5,12-14,16,30H,2-3,6-11H2,1H3,(H,25,26,27). The van der Waals surface area contributed by atoms with Crippen molar-refractivity contribution in [2.45, 2.75) is 63.5 Å². The number of anilines is 1. The molecule has 0 aliphatic heterocycles. The predicted molar refractivity (Wildman–Crippen MR) is 120 cm³/mol. The number of nitrogens with one attached hydrogen (secondary N) is 1. The number of hydrogen-bond acceptors (Lipinski definition) is 5. The van der Waals surface area contributed by atoms with Crippen LogP contribution in [0.15, 0.2) is 29.2 Å². The van der Waals surface area contributed by atoms with Gasteiger partial charge in [0.1, 0.15) is 5.65 Å². The second-order valence-corrected chi connectivity index (χ2v) is 9.62. The van der Waals surface area contributed by atoms with Crippen molar-refractivity contribution in [2.75, 3.05) is 11.9 Å². The smallest absolute Gasteiger partial charge is 0.260 e. The fourth-order valence-electron chi connectivity index (χ4n) is 4.60. The molecule has 0 radical (unpaired) electrons. The van der Waals surface area contributed by atoms with Crippen molar-refractivity contribution in [2.24, 2.45) is 5.92 Å². The van der Waals surface area contributed by atoms with Crippen LogP contribution in [0, 0.1) is 5.92 Å². The summed E-state index contributed by atoms with van der Waals surface area (Å²) in [6.07, 6.45) is 8.38. The van der Waals surface area contributed by atoms with E-state index in [-0.39, 0.29) is 11.6 Å². The lowest BCUT2D eigenvalue weighted by molar-refractivity contribution is 0.0100. The van der Waals surface area contributed by atoms with Gasteiger partial charge in [0.2, 0.25) is 5.95 Å². The lowest BCUT2D eigenvalue weighted by atomic mass is 9.83. The Morgan fingerprint density at radius 3 is 2.70 bits per heavy atom. The van der Waals surface area contributed by atoms with Gasteiger partial charge in [-0.1, -0.05) is 30.5 Å². The van der Waals surface area contributed by atoms with Gasteiger partial charge in [-0.25, -0.2) is 4.98 Å². The highest BCUT2D eigenvalue weighted by Gasteiger charge is 2.31. The fourth-order valence-corrected chi connectivity index (χ4v) is 4.77. The van der Waals surface area contributed by atoms with Crippen molar-refractivity contribution in [3.8, 4) is 0 Å². The van der Waals surface area contributed by atoms with Gasteiger partial charge in [-0.05, 0) is 62.5 Å². The summed E-state index contributed by atoms with van der Waals surface area (Å²) in [6, 6.07) is 5.40. The molecule has 2 aliphatic carbocycles. The maximum absolute atomic E-state index is 13.5. The molecule has 0 saturated heterocycles. The predicted octanol–water partition coefficient (Wildman–Crippen LogP) is 4.68. The third-order valence-corrected chi connectivity index (χ3v) is 6.88. The molecule has 30 heavy (non-hydrogen) atoms. The Balaban J connectivity index is 1.62. The summed E-state index contributed by atoms with van der Waals surface area (Å²) in [5.74, 6) is 1.40.